The molecule has 2 rings (SSSR count). The average molecular weight is 354 g/mol. The topological polar surface area (TPSA) is 95.0 Å². The van der Waals surface area contributed by atoms with Crippen LogP contribution in [0, 0.1) is 5.92 Å². The van der Waals surface area contributed by atoms with Gasteiger partial charge in [-0.15, -0.1) is 0 Å². The van der Waals surface area contributed by atoms with Crippen molar-refractivity contribution in [3.63, 3.8) is 0 Å². The number of carboxylic acids is 1. The lowest BCUT2D eigenvalue weighted by molar-refractivity contribution is -0.156. The normalized spacial score (nSPS) is 22.6. The van der Waals surface area contributed by atoms with E-state index in [1.807, 2.05) is 0 Å². The van der Waals surface area contributed by atoms with Crippen molar-refractivity contribution in [3.05, 3.63) is 30.3 Å². The molecule has 1 fully saturated rings. The van der Waals surface area contributed by atoms with Gasteiger partial charge in [-0.25, -0.2) is 13.2 Å². The fourth-order valence-corrected chi connectivity index (χ4v) is 4.40. The summed E-state index contributed by atoms with van der Waals surface area (Å²) in [7, 11) is -3.80. The summed E-state index contributed by atoms with van der Waals surface area (Å²) in [6.07, 6.45) is 0. The highest BCUT2D eigenvalue weighted by atomic mass is 32.2. The van der Waals surface area contributed by atoms with Crippen molar-refractivity contribution in [2.45, 2.75) is 37.8 Å². The van der Waals surface area contributed by atoms with Crippen LogP contribution in [0.25, 0.3) is 0 Å². The van der Waals surface area contributed by atoms with E-state index in [4.69, 9.17) is 0 Å². The molecule has 1 saturated heterocycles. The molecular weight excluding hydrogens is 332 g/mol. The molecule has 0 aliphatic carbocycles. The van der Waals surface area contributed by atoms with Crippen molar-refractivity contribution in [3.8, 4) is 0 Å². The molecule has 1 amide bonds. The summed E-state index contributed by atoms with van der Waals surface area (Å²) in [4.78, 5) is 25.4. The second-order valence-corrected chi connectivity index (χ2v) is 8.18. The minimum atomic E-state index is -3.80. The van der Waals surface area contributed by atoms with Crippen molar-refractivity contribution in [1.82, 2.24) is 9.21 Å². The number of piperazine rings is 1. The molecule has 2 unspecified atom stereocenters. The number of hydrogen-bond acceptors (Lipinski definition) is 4. The van der Waals surface area contributed by atoms with Crippen LogP contribution >= 0.6 is 0 Å². The Hall–Kier alpha value is -1.93. The molecule has 1 aliphatic heterocycles. The summed E-state index contributed by atoms with van der Waals surface area (Å²) in [6, 6.07) is 6.17. The largest absolute Gasteiger partial charge is 0.480 e. The highest BCUT2D eigenvalue weighted by Crippen LogP contribution is 2.24. The third kappa shape index (κ3) is 3.44. The highest BCUT2D eigenvalue weighted by Gasteiger charge is 2.43. The van der Waals surface area contributed by atoms with Gasteiger partial charge in [-0.3, -0.25) is 4.79 Å². The fourth-order valence-electron chi connectivity index (χ4n) is 2.85. The first-order chi connectivity index (χ1) is 11.2. The van der Waals surface area contributed by atoms with Gasteiger partial charge in [-0.05, 0) is 19.1 Å². The Morgan fingerprint density at radius 2 is 1.75 bits per heavy atom. The first-order valence-corrected chi connectivity index (χ1v) is 9.20. The van der Waals surface area contributed by atoms with Crippen LogP contribution < -0.4 is 0 Å². The predicted molar refractivity (Wildman–Crippen MR) is 87.8 cm³/mol. The number of nitrogens with zero attached hydrogens (tertiary/aromatic N) is 2. The summed E-state index contributed by atoms with van der Waals surface area (Å²) < 4.78 is 26.6. The van der Waals surface area contributed by atoms with Crippen LogP contribution in [-0.2, 0) is 19.6 Å². The maximum absolute atomic E-state index is 12.7. The smallest absolute Gasteiger partial charge is 0.327 e. The van der Waals surface area contributed by atoms with Gasteiger partial charge in [0.15, 0.2) is 0 Å². The van der Waals surface area contributed by atoms with E-state index >= 15 is 0 Å². The molecule has 24 heavy (non-hydrogen) atoms. The number of aliphatic carboxylic acids is 1. The van der Waals surface area contributed by atoms with E-state index in [0.717, 1.165) is 4.31 Å². The molecule has 7 nitrogen and oxygen atoms in total. The summed E-state index contributed by atoms with van der Waals surface area (Å²) in [6.45, 7) is 4.87. The van der Waals surface area contributed by atoms with E-state index in [2.05, 4.69) is 0 Å². The number of amides is 1. The Morgan fingerprint density at radius 3 is 2.25 bits per heavy atom. The molecule has 1 aromatic rings. The SMILES string of the molecule is CC(C)C(=O)N1C(C)CN(S(=O)(=O)c2ccccc2)CC1C(=O)O. The number of carbonyl (C=O) groups is 2. The van der Waals surface area contributed by atoms with Crippen molar-refractivity contribution in [2.24, 2.45) is 5.92 Å². The second-order valence-electron chi connectivity index (χ2n) is 6.24. The van der Waals surface area contributed by atoms with Crippen LogP contribution in [-0.4, -0.2) is 59.8 Å². The molecule has 0 saturated carbocycles. The summed E-state index contributed by atoms with van der Waals surface area (Å²) in [5.41, 5.74) is 0. The maximum Gasteiger partial charge on any atom is 0.327 e. The van der Waals surface area contributed by atoms with Crippen molar-refractivity contribution < 1.29 is 23.1 Å². The van der Waals surface area contributed by atoms with E-state index in [0.29, 0.717) is 0 Å². The molecule has 0 aromatic heterocycles. The van der Waals surface area contributed by atoms with Crippen LogP contribution in [0.4, 0.5) is 0 Å². The Kier molecular flexibility index (Phi) is 5.29. The zero-order chi connectivity index (χ0) is 18.1. The van der Waals surface area contributed by atoms with E-state index in [-0.39, 0.29) is 29.8 Å². The number of carbonyl (C=O) groups excluding carboxylic acids is 1. The van der Waals surface area contributed by atoms with E-state index in [1.54, 1.807) is 39.0 Å². The van der Waals surface area contributed by atoms with Crippen molar-refractivity contribution in [1.29, 1.82) is 0 Å². The summed E-state index contributed by atoms with van der Waals surface area (Å²) in [5.74, 6) is -1.85. The fraction of sp³-hybridized carbons (Fsp3) is 0.500. The molecule has 2 atom stereocenters. The first kappa shape index (κ1) is 18.4. The van der Waals surface area contributed by atoms with Gasteiger partial charge in [0.25, 0.3) is 0 Å². The molecule has 8 heteroatoms. The lowest BCUT2D eigenvalue weighted by Crippen LogP contribution is -2.63. The molecule has 1 N–H and O–H groups in total. The molecule has 1 aliphatic rings. The first-order valence-electron chi connectivity index (χ1n) is 7.76. The van der Waals surface area contributed by atoms with Gasteiger partial charge in [-0.2, -0.15) is 4.31 Å². The maximum atomic E-state index is 12.7. The Bertz CT molecular complexity index is 717. The molecule has 0 radical (unpaired) electrons. The van der Waals surface area contributed by atoms with Crippen LogP contribution in [0.1, 0.15) is 20.8 Å². The third-order valence-electron chi connectivity index (χ3n) is 4.07. The third-order valence-corrected chi connectivity index (χ3v) is 5.92. The average Bonchev–Trinajstić information content (AvgIpc) is 2.54. The van der Waals surface area contributed by atoms with Gasteiger partial charge in [0.2, 0.25) is 15.9 Å². The minimum absolute atomic E-state index is 0.0689. The highest BCUT2D eigenvalue weighted by molar-refractivity contribution is 7.89. The second kappa shape index (κ2) is 6.90. The number of benzene rings is 1. The quantitative estimate of drug-likeness (QED) is 0.871. The van der Waals surface area contributed by atoms with Gasteiger partial charge in [0, 0.05) is 25.0 Å². The molecule has 0 spiro atoms. The predicted octanol–water partition coefficient (Wildman–Crippen LogP) is 1.02. The standard InChI is InChI=1S/C16H22N2O5S/c1-11(2)15(19)18-12(3)9-17(10-14(18)16(20)21)24(22,23)13-7-5-4-6-8-13/h4-8,11-12,14H,9-10H2,1-3H3,(H,20,21). The Labute approximate surface area is 141 Å². The summed E-state index contributed by atoms with van der Waals surface area (Å²) >= 11 is 0. The zero-order valence-corrected chi connectivity index (χ0v) is 14.7. The monoisotopic (exact) mass is 354 g/mol. The van der Waals surface area contributed by atoms with Gasteiger partial charge in [0.05, 0.1) is 4.90 Å². The number of carboxylic acid groups (broad SMARTS) is 1. The Balaban J connectivity index is 2.35. The van der Waals surface area contributed by atoms with Crippen molar-refractivity contribution >= 4 is 21.9 Å². The van der Waals surface area contributed by atoms with Crippen LogP contribution in [0.15, 0.2) is 35.2 Å². The molecule has 1 aromatic carbocycles. The number of sulfonamides is 1. The minimum Gasteiger partial charge on any atom is -0.480 e. The Morgan fingerprint density at radius 1 is 1.17 bits per heavy atom. The van der Waals surface area contributed by atoms with Gasteiger partial charge < -0.3 is 10.0 Å². The van der Waals surface area contributed by atoms with E-state index in [9.17, 15) is 23.1 Å². The van der Waals surface area contributed by atoms with Gasteiger partial charge in [0.1, 0.15) is 6.04 Å². The number of rotatable bonds is 4. The molecule has 132 valence electrons. The number of hydrogen-bond donors (Lipinski definition) is 1. The summed E-state index contributed by atoms with van der Waals surface area (Å²) in [5, 5.41) is 9.50. The van der Waals surface area contributed by atoms with Crippen molar-refractivity contribution in [2.75, 3.05) is 13.1 Å². The van der Waals surface area contributed by atoms with Gasteiger partial charge in [-0.1, -0.05) is 32.0 Å². The van der Waals surface area contributed by atoms with Crippen LogP contribution in [0.2, 0.25) is 0 Å². The molecule has 0 bridgehead atoms. The van der Waals surface area contributed by atoms with Gasteiger partial charge >= 0.3 is 5.97 Å². The van der Waals surface area contributed by atoms with Crippen LogP contribution in [0.5, 0.6) is 0 Å². The van der Waals surface area contributed by atoms with E-state index < -0.39 is 28.1 Å². The van der Waals surface area contributed by atoms with Crippen LogP contribution in [0.3, 0.4) is 0 Å². The zero-order valence-electron chi connectivity index (χ0n) is 13.9. The lowest BCUT2D eigenvalue weighted by atomic mass is 10.0. The lowest BCUT2D eigenvalue weighted by Gasteiger charge is -2.43. The molecular formula is C16H22N2O5S. The molecule has 1 heterocycles. The van der Waals surface area contributed by atoms with E-state index in [1.165, 1.54) is 17.0 Å².